The molecule has 0 aliphatic carbocycles. The Labute approximate surface area is 122 Å². The molecule has 0 spiro atoms. The second kappa shape index (κ2) is 8.05. The number of rotatable bonds is 7. The molecule has 1 saturated heterocycles. The van der Waals surface area contributed by atoms with Crippen molar-refractivity contribution in [1.82, 2.24) is 5.01 Å². The minimum absolute atomic E-state index is 0.463. The van der Waals surface area contributed by atoms with Crippen molar-refractivity contribution in [2.75, 3.05) is 20.3 Å². The summed E-state index contributed by atoms with van der Waals surface area (Å²) >= 11 is 0. The zero-order valence-corrected chi connectivity index (χ0v) is 12.7. The standard InChI is InChI=1S/C17H26N2O/c1-3-15(12-16-8-5-4-6-9-16)13-18-19-11-7-10-17(19)14-20-2/h4-6,8-9,13,15,17H,3,7,10-12,14H2,1-2H3/b18-13+/t15-,17-/m0/s1. The SMILES string of the molecule is CC[C@H](/C=N/N1CCC[C@H]1COC)Cc1ccccc1. The fourth-order valence-corrected chi connectivity index (χ4v) is 2.73. The van der Waals surface area contributed by atoms with Crippen LogP contribution >= 0.6 is 0 Å². The van der Waals surface area contributed by atoms with E-state index in [1.807, 2.05) is 0 Å². The Morgan fingerprint density at radius 2 is 2.20 bits per heavy atom. The van der Waals surface area contributed by atoms with Crippen LogP contribution in [0.25, 0.3) is 0 Å². The molecular formula is C17H26N2O. The first-order chi connectivity index (χ1) is 9.83. The van der Waals surface area contributed by atoms with Crippen molar-refractivity contribution in [2.45, 2.75) is 38.6 Å². The van der Waals surface area contributed by atoms with E-state index in [0.717, 1.165) is 26.0 Å². The Kier molecular flexibility index (Phi) is 6.06. The molecule has 20 heavy (non-hydrogen) atoms. The summed E-state index contributed by atoms with van der Waals surface area (Å²) < 4.78 is 5.27. The summed E-state index contributed by atoms with van der Waals surface area (Å²) in [5.41, 5.74) is 1.39. The number of ether oxygens (including phenoxy) is 1. The third kappa shape index (κ3) is 4.34. The largest absolute Gasteiger partial charge is 0.382 e. The second-order valence-corrected chi connectivity index (χ2v) is 5.54. The number of hydrogen-bond donors (Lipinski definition) is 0. The molecule has 1 heterocycles. The van der Waals surface area contributed by atoms with Crippen LogP contribution in [0.4, 0.5) is 0 Å². The first kappa shape index (κ1) is 15.0. The molecule has 1 fully saturated rings. The first-order valence-electron chi connectivity index (χ1n) is 7.67. The van der Waals surface area contributed by atoms with Crippen LogP contribution in [-0.2, 0) is 11.2 Å². The van der Waals surface area contributed by atoms with Crippen LogP contribution in [0.1, 0.15) is 31.7 Å². The van der Waals surface area contributed by atoms with E-state index in [4.69, 9.17) is 9.84 Å². The maximum absolute atomic E-state index is 5.27. The third-order valence-corrected chi connectivity index (χ3v) is 4.00. The molecule has 0 saturated carbocycles. The number of benzene rings is 1. The van der Waals surface area contributed by atoms with Gasteiger partial charge < -0.3 is 4.74 Å². The van der Waals surface area contributed by atoms with Crippen LogP contribution in [0.5, 0.6) is 0 Å². The van der Waals surface area contributed by atoms with E-state index in [9.17, 15) is 0 Å². The quantitative estimate of drug-likeness (QED) is 0.712. The van der Waals surface area contributed by atoms with Crippen molar-refractivity contribution in [1.29, 1.82) is 0 Å². The number of methoxy groups -OCH3 is 1. The van der Waals surface area contributed by atoms with Crippen molar-refractivity contribution in [3.8, 4) is 0 Å². The summed E-state index contributed by atoms with van der Waals surface area (Å²) in [5.74, 6) is 0.515. The Balaban J connectivity index is 1.90. The summed E-state index contributed by atoms with van der Waals surface area (Å²) in [5, 5.41) is 6.92. The summed E-state index contributed by atoms with van der Waals surface area (Å²) in [4.78, 5) is 0. The smallest absolute Gasteiger partial charge is 0.0704 e. The Bertz CT molecular complexity index is 405. The van der Waals surface area contributed by atoms with Gasteiger partial charge in [0.2, 0.25) is 0 Å². The lowest BCUT2D eigenvalue weighted by atomic mass is 9.98. The predicted molar refractivity (Wildman–Crippen MR) is 84.0 cm³/mol. The molecule has 0 bridgehead atoms. The zero-order chi connectivity index (χ0) is 14.2. The monoisotopic (exact) mass is 274 g/mol. The fourth-order valence-electron chi connectivity index (χ4n) is 2.73. The number of hydrazone groups is 1. The third-order valence-electron chi connectivity index (χ3n) is 4.00. The van der Waals surface area contributed by atoms with E-state index in [1.165, 1.54) is 18.4 Å². The Morgan fingerprint density at radius 3 is 2.90 bits per heavy atom. The highest BCUT2D eigenvalue weighted by atomic mass is 16.5. The Hall–Kier alpha value is -1.35. The Morgan fingerprint density at radius 1 is 1.40 bits per heavy atom. The van der Waals surface area contributed by atoms with Crippen molar-refractivity contribution in [2.24, 2.45) is 11.0 Å². The molecular weight excluding hydrogens is 248 g/mol. The van der Waals surface area contributed by atoms with Gasteiger partial charge in [-0.15, -0.1) is 0 Å². The summed E-state index contributed by atoms with van der Waals surface area (Å²) in [6.07, 6.45) is 6.76. The van der Waals surface area contributed by atoms with Gasteiger partial charge in [-0.25, -0.2) is 0 Å². The fraction of sp³-hybridized carbons (Fsp3) is 0.588. The molecule has 1 aliphatic rings. The summed E-state index contributed by atoms with van der Waals surface area (Å²) in [7, 11) is 1.77. The molecule has 0 unspecified atom stereocenters. The molecule has 3 nitrogen and oxygen atoms in total. The van der Waals surface area contributed by atoms with Crippen molar-refractivity contribution in [3.05, 3.63) is 35.9 Å². The molecule has 0 N–H and O–H groups in total. The van der Waals surface area contributed by atoms with Crippen LogP contribution in [0.15, 0.2) is 35.4 Å². The summed E-state index contributed by atoms with van der Waals surface area (Å²) in [6.45, 7) is 4.08. The lowest BCUT2D eigenvalue weighted by molar-refractivity contribution is 0.118. The average molecular weight is 274 g/mol. The minimum atomic E-state index is 0.463. The van der Waals surface area contributed by atoms with Crippen molar-refractivity contribution < 1.29 is 4.74 Å². The van der Waals surface area contributed by atoms with E-state index >= 15 is 0 Å². The average Bonchev–Trinajstić information content (AvgIpc) is 2.92. The highest BCUT2D eigenvalue weighted by molar-refractivity contribution is 5.61. The van der Waals surface area contributed by atoms with Crippen molar-refractivity contribution in [3.63, 3.8) is 0 Å². The first-order valence-corrected chi connectivity index (χ1v) is 7.67. The van der Waals surface area contributed by atoms with Gasteiger partial charge in [-0.2, -0.15) is 5.10 Å². The lowest BCUT2D eigenvalue weighted by Crippen LogP contribution is -2.29. The summed E-state index contributed by atoms with van der Waals surface area (Å²) in [6, 6.07) is 11.1. The van der Waals surface area contributed by atoms with Gasteiger partial charge >= 0.3 is 0 Å². The van der Waals surface area contributed by atoms with Gasteiger partial charge in [0.05, 0.1) is 12.6 Å². The highest BCUT2D eigenvalue weighted by Gasteiger charge is 2.22. The molecule has 1 aliphatic heterocycles. The lowest BCUT2D eigenvalue weighted by Gasteiger charge is -2.21. The maximum Gasteiger partial charge on any atom is 0.0704 e. The minimum Gasteiger partial charge on any atom is -0.382 e. The van der Waals surface area contributed by atoms with E-state index in [0.29, 0.717) is 12.0 Å². The van der Waals surface area contributed by atoms with Gasteiger partial charge in [0.25, 0.3) is 0 Å². The number of hydrogen-bond acceptors (Lipinski definition) is 3. The van der Waals surface area contributed by atoms with Crippen molar-refractivity contribution >= 4 is 6.21 Å². The molecule has 0 amide bonds. The van der Waals surface area contributed by atoms with E-state index < -0.39 is 0 Å². The molecule has 3 heteroatoms. The molecule has 1 aromatic carbocycles. The van der Waals surface area contributed by atoms with E-state index in [-0.39, 0.29) is 0 Å². The second-order valence-electron chi connectivity index (χ2n) is 5.54. The molecule has 110 valence electrons. The predicted octanol–water partition coefficient (Wildman–Crippen LogP) is 3.35. The molecule has 0 aromatic heterocycles. The topological polar surface area (TPSA) is 24.8 Å². The highest BCUT2D eigenvalue weighted by Crippen LogP contribution is 2.18. The van der Waals surface area contributed by atoms with Crippen LogP contribution < -0.4 is 0 Å². The molecule has 2 rings (SSSR count). The molecule has 1 aromatic rings. The van der Waals surface area contributed by atoms with Crippen LogP contribution in [0, 0.1) is 5.92 Å². The molecule has 2 atom stereocenters. The van der Waals surface area contributed by atoms with E-state index in [2.05, 4.69) is 48.5 Å². The van der Waals surface area contributed by atoms with Gasteiger partial charge in [-0.1, -0.05) is 37.3 Å². The van der Waals surface area contributed by atoms with Gasteiger partial charge in [-0.05, 0) is 37.2 Å². The van der Waals surface area contributed by atoms with Crippen LogP contribution in [-0.4, -0.2) is 37.5 Å². The van der Waals surface area contributed by atoms with Gasteiger partial charge in [0, 0.05) is 19.9 Å². The normalized spacial score (nSPS) is 20.7. The molecule has 0 radical (unpaired) electrons. The number of nitrogens with zero attached hydrogens (tertiary/aromatic N) is 2. The van der Waals surface area contributed by atoms with E-state index in [1.54, 1.807) is 7.11 Å². The van der Waals surface area contributed by atoms with Crippen LogP contribution in [0.3, 0.4) is 0 Å². The zero-order valence-electron chi connectivity index (χ0n) is 12.7. The van der Waals surface area contributed by atoms with Crippen LogP contribution in [0.2, 0.25) is 0 Å². The van der Waals surface area contributed by atoms with Gasteiger partial charge in [0.1, 0.15) is 0 Å². The van der Waals surface area contributed by atoms with Gasteiger partial charge in [-0.3, -0.25) is 5.01 Å². The maximum atomic E-state index is 5.27. The van der Waals surface area contributed by atoms with Gasteiger partial charge in [0.15, 0.2) is 0 Å².